The Balaban J connectivity index is 2.22. The molecular formula is C18H23BrN2O4S2. The fourth-order valence-corrected chi connectivity index (χ4v) is 5.31. The van der Waals surface area contributed by atoms with Crippen LogP contribution in [0.2, 0.25) is 0 Å². The molecule has 0 saturated carbocycles. The monoisotopic (exact) mass is 474 g/mol. The van der Waals surface area contributed by atoms with Gasteiger partial charge in [0, 0.05) is 23.3 Å². The van der Waals surface area contributed by atoms with Gasteiger partial charge in [-0.3, -0.25) is 0 Å². The highest BCUT2D eigenvalue weighted by molar-refractivity contribution is 9.10. The van der Waals surface area contributed by atoms with Crippen molar-refractivity contribution >= 4 is 35.8 Å². The lowest BCUT2D eigenvalue weighted by Crippen LogP contribution is -2.41. The minimum Gasteiger partial charge on any atom is -0.305 e. The molecule has 0 unspecified atom stereocenters. The van der Waals surface area contributed by atoms with Crippen LogP contribution in [0.5, 0.6) is 0 Å². The van der Waals surface area contributed by atoms with Crippen LogP contribution >= 0.6 is 15.9 Å². The second-order valence-corrected chi connectivity index (χ2v) is 11.1. The zero-order valence-corrected chi connectivity index (χ0v) is 18.6. The highest BCUT2D eigenvalue weighted by atomic mass is 79.9. The normalized spacial score (nSPS) is 13.7. The molecule has 0 heterocycles. The summed E-state index contributed by atoms with van der Waals surface area (Å²) >= 11 is 3.20. The Kier molecular flexibility index (Phi) is 7.20. The second kappa shape index (κ2) is 8.83. The fourth-order valence-electron chi connectivity index (χ4n) is 2.53. The van der Waals surface area contributed by atoms with Crippen LogP contribution in [0.3, 0.4) is 0 Å². The molecule has 0 aliphatic rings. The molecule has 1 N–H and O–H groups in total. The maximum atomic E-state index is 12.8. The van der Waals surface area contributed by atoms with Gasteiger partial charge in [-0.15, -0.1) is 0 Å². The molecule has 1 atom stereocenters. The number of hydrogen-bond acceptors (Lipinski definition) is 5. The molecule has 2 aromatic rings. The molecule has 9 heteroatoms. The number of nitrogens with one attached hydrogen (secondary N) is 1. The molecule has 27 heavy (non-hydrogen) atoms. The first kappa shape index (κ1) is 22.0. The summed E-state index contributed by atoms with van der Waals surface area (Å²) < 4.78 is 51.9. The number of rotatable bonds is 8. The second-order valence-electron chi connectivity index (χ2n) is 6.52. The lowest BCUT2D eigenvalue weighted by Gasteiger charge is -2.25. The molecule has 0 saturated heterocycles. The van der Waals surface area contributed by atoms with Gasteiger partial charge in [0.2, 0.25) is 10.0 Å². The lowest BCUT2D eigenvalue weighted by atomic mass is 10.1. The van der Waals surface area contributed by atoms with E-state index in [0.29, 0.717) is 10.9 Å². The first-order chi connectivity index (χ1) is 12.5. The largest absolute Gasteiger partial charge is 0.305 e. The number of halogens is 1. The van der Waals surface area contributed by atoms with E-state index in [2.05, 4.69) is 20.7 Å². The van der Waals surface area contributed by atoms with Gasteiger partial charge in [0.05, 0.1) is 9.79 Å². The van der Waals surface area contributed by atoms with Crippen LogP contribution in [0.15, 0.2) is 62.8 Å². The van der Waals surface area contributed by atoms with Crippen molar-refractivity contribution in [2.75, 3.05) is 26.9 Å². The highest BCUT2D eigenvalue weighted by Gasteiger charge is 2.23. The molecule has 0 amide bonds. The Hall–Kier alpha value is -1.26. The van der Waals surface area contributed by atoms with E-state index < -0.39 is 19.9 Å². The van der Waals surface area contributed by atoms with E-state index in [9.17, 15) is 16.8 Å². The van der Waals surface area contributed by atoms with Crippen LogP contribution in [-0.2, 0) is 26.3 Å². The summed E-state index contributed by atoms with van der Waals surface area (Å²) in [4.78, 5) is 1.82. The van der Waals surface area contributed by atoms with Gasteiger partial charge in [0.25, 0.3) is 0 Å². The van der Waals surface area contributed by atoms with E-state index in [0.717, 1.165) is 11.8 Å². The third-order valence-electron chi connectivity index (χ3n) is 4.17. The number of sulfonamides is 1. The van der Waals surface area contributed by atoms with E-state index in [1.165, 1.54) is 18.2 Å². The number of sulfone groups is 1. The Labute approximate surface area is 169 Å². The zero-order valence-electron chi connectivity index (χ0n) is 15.4. The summed E-state index contributed by atoms with van der Waals surface area (Å²) in [5.74, 6) is 0. The smallest absolute Gasteiger partial charge is 0.241 e. The number of benzene rings is 2. The van der Waals surface area contributed by atoms with Crippen molar-refractivity contribution in [2.45, 2.75) is 22.3 Å². The van der Waals surface area contributed by atoms with Gasteiger partial charge in [-0.1, -0.05) is 30.3 Å². The maximum absolute atomic E-state index is 12.8. The molecule has 0 bridgehead atoms. The summed E-state index contributed by atoms with van der Waals surface area (Å²) in [6.07, 6.45) is 1.73. The molecule has 0 spiro atoms. The molecular weight excluding hydrogens is 452 g/mol. The molecule has 0 fully saturated rings. The van der Waals surface area contributed by atoms with Crippen LogP contribution in [0, 0.1) is 0 Å². The van der Waals surface area contributed by atoms with Crippen LogP contribution in [0.4, 0.5) is 0 Å². The van der Waals surface area contributed by atoms with E-state index >= 15 is 0 Å². The van der Waals surface area contributed by atoms with Gasteiger partial charge in [-0.05, 0) is 60.2 Å². The van der Waals surface area contributed by atoms with Gasteiger partial charge in [0.1, 0.15) is 0 Å². The number of likely N-dealkylation sites (N-methyl/N-ethyl adjacent to an activating group) is 1. The van der Waals surface area contributed by atoms with E-state index in [4.69, 9.17) is 0 Å². The SMILES string of the molecule is CN(C)[C@@H](CNS(=O)(=O)c1cc(S(C)(=O)=O)ccc1Br)Cc1ccccc1. The van der Waals surface area contributed by atoms with Crippen molar-refractivity contribution in [1.82, 2.24) is 9.62 Å². The Morgan fingerprint density at radius 3 is 2.22 bits per heavy atom. The quantitative estimate of drug-likeness (QED) is 0.634. The molecule has 0 aliphatic heterocycles. The van der Waals surface area contributed by atoms with Crippen molar-refractivity contribution in [1.29, 1.82) is 0 Å². The molecule has 2 aromatic carbocycles. The van der Waals surface area contributed by atoms with E-state index in [1.54, 1.807) is 0 Å². The number of hydrogen-bond donors (Lipinski definition) is 1. The van der Waals surface area contributed by atoms with E-state index in [1.807, 2.05) is 49.3 Å². The average molecular weight is 475 g/mol. The van der Waals surface area contributed by atoms with Crippen molar-refractivity contribution in [3.8, 4) is 0 Å². The van der Waals surface area contributed by atoms with Gasteiger partial charge in [-0.25, -0.2) is 21.6 Å². The number of nitrogens with zero attached hydrogens (tertiary/aromatic N) is 1. The zero-order chi connectivity index (χ0) is 20.2. The van der Waals surface area contributed by atoms with Gasteiger partial charge >= 0.3 is 0 Å². The van der Waals surface area contributed by atoms with Crippen molar-refractivity contribution < 1.29 is 16.8 Å². The standard InChI is InChI=1S/C18H23BrN2O4S2/c1-21(2)15(11-14-7-5-4-6-8-14)13-20-27(24,25)18-12-16(26(3,22)23)9-10-17(18)19/h4-10,12,15,20H,11,13H2,1-3H3/t15-/m1/s1. The molecule has 0 aromatic heterocycles. The van der Waals surface area contributed by atoms with Crippen LogP contribution in [0.25, 0.3) is 0 Å². The minimum absolute atomic E-state index is 0.0421. The van der Waals surface area contributed by atoms with Crippen LogP contribution in [0.1, 0.15) is 5.56 Å². The molecule has 6 nitrogen and oxygen atoms in total. The predicted molar refractivity (Wildman–Crippen MR) is 110 cm³/mol. The summed E-state index contributed by atoms with van der Waals surface area (Å²) in [6.45, 7) is 0.194. The van der Waals surface area contributed by atoms with Crippen LogP contribution in [-0.4, -0.2) is 54.7 Å². The Bertz CT molecular complexity index is 991. The maximum Gasteiger partial charge on any atom is 0.241 e. The topological polar surface area (TPSA) is 83.6 Å². The molecule has 2 rings (SSSR count). The summed E-state index contributed by atoms with van der Waals surface area (Å²) in [5.41, 5.74) is 1.11. The lowest BCUT2D eigenvalue weighted by molar-refractivity contribution is 0.291. The summed E-state index contributed by atoms with van der Waals surface area (Å²) in [6, 6.07) is 13.7. The van der Waals surface area contributed by atoms with Crippen LogP contribution < -0.4 is 4.72 Å². The minimum atomic E-state index is -3.88. The Morgan fingerprint density at radius 2 is 1.67 bits per heavy atom. The third kappa shape index (κ3) is 6.11. The fraction of sp³-hybridized carbons (Fsp3) is 0.333. The van der Waals surface area contributed by atoms with Crippen molar-refractivity contribution in [2.24, 2.45) is 0 Å². The van der Waals surface area contributed by atoms with Crippen molar-refractivity contribution in [3.63, 3.8) is 0 Å². The van der Waals surface area contributed by atoms with Crippen molar-refractivity contribution in [3.05, 3.63) is 58.6 Å². The van der Waals surface area contributed by atoms with Gasteiger partial charge < -0.3 is 4.90 Å². The summed E-state index contributed by atoms with van der Waals surface area (Å²) in [7, 11) is -3.61. The third-order valence-corrected chi connectivity index (χ3v) is 7.70. The Morgan fingerprint density at radius 1 is 1.04 bits per heavy atom. The first-order valence-corrected chi connectivity index (χ1v) is 12.4. The van der Waals surface area contributed by atoms with Gasteiger partial charge in [-0.2, -0.15) is 0 Å². The summed E-state index contributed by atoms with van der Waals surface area (Å²) in [5, 5.41) is 0. The van der Waals surface area contributed by atoms with E-state index in [-0.39, 0.29) is 22.4 Å². The first-order valence-electron chi connectivity index (χ1n) is 8.20. The molecule has 0 radical (unpaired) electrons. The molecule has 148 valence electrons. The average Bonchev–Trinajstić information content (AvgIpc) is 2.58. The predicted octanol–water partition coefficient (Wildman–Crippen LogP) is 2.30. The highest BCUT2D eigenvalue weighted by Crippen LogP contribution is 2.25. The molecule has 0 aliphatic carbocycles. The van der Waals surface area contributed by atoms with Gasteiger partial charge in [0.15, 0.2) is 9.84 Å².